The second kappa shape index (κ2) is 17.6. The van der Waals surface area contributed by atoms with E-state index < -0.39 is 41.1 Å². The second-order valence-corrected chi connectivity index (χ2v) is 13.8. The number of hydrogen-bond acceptors (Lipinski definition) is 10. The van der Waals surface area contributed by atoms with E-state index >= 15 is 0 Å². The number of benzene rings is 1. The number of carbonyl (C=O) groups excluding carboxylic acids is 3. The summed E-state index contributed by atoms with van der Waals surface area (Å²) in [6.07, 6.45) is 5.91. The smallest absolute Gasteiger partial charge is 0.408 e. The molecule has 2 amide bonds. The van der Waals surface area contributed by atoms with E-state index in [0.29, 0.717) is 37.4 Å². The molecule has 0 aromatic heterocycles. The highest BCUT2D eigenvalue weighted by Crippen LogP contribution is 2.32. The fraction of sp³-hybridized carbons (Fsp3) is 0.571. The minimum atomic E-state index is -1.05. The van der Waals surface area contributed by atoms with Crippen LogP contribution in [-0.4, -0.2) is 95.0 Å². The zero-order valence-corrected chi connectivity index (χ0v) is 26.6. The van der Waals surface area contributed by atoms with Gasteiger partial charge in [0.05, 0.1) is 19.2 Å². The molecule has 2 rings (SSSR count). The van der Waals surface area contributed by atoms with Gasteiger partial charge in [0.15, 0.2) is 0 Å². The van der Waals surface area contributed by atoms with Gasteiger partial charge in [0.1, 0.15) is 11.6 Å². The van der Waals surface area contributed by atoms with Crippen molar-refractivity contribution in [1.29, 1.82) is 0 Å². The fourth-order valence-electron chi connectivity index (χ4n) is 4.26. The number of likely N-dealkylation sites (tertiary alicyclic amines) is 1. The molecule has 1 aromatic rings. The molecule has 0 radical (unpaired) electrons. The van der Waals surface area contributed by atoms with Crippen molar-refractivity contribution in [2.24, 2.45) is 0 Å². The van der Waals surface area contributed by atoms with E-state index in [-0.39, 0.29) is 11.8 Å². The summed E-state index contributed by atoms with van der Waals surface area (Å²) in [6, 6.07) is 8.04. The summed E-state index contributed by atoms with van der Waals surface area (Å²) in [5.74, 6) is -0.243. The van der Waals surface area contributed by atoms with Crippen LogP contribution in [0.15, 0.2) is 42.5 Å². The normalized spacial score (nSPS) is 19.0. The number of carboxylic acids is 1. The summed E-state index contributed by atoms with van der Waals surface area (Å²) in [5, 5.41) is 14.8. The van der Waals surface area contributed by atoms with Crippen molar-refractivity contribution >= 4 is 56.6 Å². The van der Waals surface area contributed by atoms with Gasteiger partial charge in [0, 0.05) is 29.6 Å². The van der Waals surface area contributed by atoms with Gasteiger partial charge in [-0.1, -0.05) is 53.3 Å². The van der Waals surface area contributed by atoms with Crippen LogP contribution in [0.2, 0.25) is 0 Å². The standard InChI is InChI=1S/C28H41N3O7S3/c1-28(2,3)38-26(35)29-21(18-40-41-27(36)37-4)12-9-14-31-17-20(19-10-7-6-8-11-19)16-23(31)24(32)30-22(25(33)34)13-15-39-5/h6-12,20-23H,13-18H2,1-5H3,(H,29,35)(H,30,32)(H,33,34)/b12-9+/t20-,21+,22-,23-/m0/s1. The molecule has 1 heterocycles. The van der Waals surface area contributed by atoms with Crippen LogP contribution in [0.25, 0.3) is 0 Å². The van der Waals surface area contributed by atoms with E-state index in [1.807, 2.05) is 53.6 Å². The van der Waals surface area contributed by atoms with Gasteiger partial charge in [-0.25, -0.2) is 14.4 Å². The molecule has 0 saturated carbocycles. The molecule has 1 aliphatic heterocycles. The first-order valence-electron chi connectivity index (χ1n) is 13.3. The van der Waals surface area contributed by atoms with Gasteiger partial charge in [-0.05, 0) is 57.1 Å². The lowest BCUT2D eigenvalue weighted by Gasteiger charge is -2.24. The summed E-state index contributed by atoms with van der Waals surface area (Å²) < 4.78 is 10.1. The molecule has 0 spiro atoms. The first-order valence-corrected chi connectivity index (χ1v) is 17.0. The maximum absolute atomic E-state index is 13.3. The number of amides is 2. The quantitative estimate of drug-likeness (QED) is 0.150. The van der Waals surface area contributed by atoms with Crippen molar-refractivity contribution in [3.05, 3.63) is 48.0 Å². The highest BCUT2D eigenvalue weighted by molar-refractivity contribution is 8.82. The Kier molecular flexibility index (Phi) is 14.9. The van der Waals surface area contributed by atoms with E-state index in [1.54, 1.807) is 20.8 Å². The number of nitrogens with one attached hydrogen (secondary N) is 2. The number of carbonyl (C=O) groups is 4. The lowest BCUT2D eigenvalue weighted by Crippen LogP contribution is -2.49. The minimum absolute atomic E-state index is 0.109. The van der Waals surface area contributed by atoms with Gasteiger partial charge in [-0.3, -0.25) is 9.69 Å². The summed E-state index contributed by atoms with van der Waals surface area (Å²) in [7, 11) is 3.48. The first-order chi connectivity index (χ1) is 19.4. The predicted molar refractivity (Wildman–Crippen MR) is 166 cm³/mol. The Morgan fingerprint density at radius 3 is 2.49 bits per heavy atom. The van der Waals surface area contributed by atoms with Crippen molar-refractivity contribution in [3.63, 3.8) is 0 Å². The number of hydrogen-bond donors (Lipinski definition) is 3. The molecule has 228 valence electrons. The third-order valence-corrected chi connectivity index (χ3v) is 8.88. The number of carboxylic acid groups (broad SMARTS) is 1. The van der Waals surface area contributed by atoms with Crippen molar-refractivity contribution in [3.8, 4) is 0 Å². The molecule has 13 heteroatoms. The van der Waals surface area contributed by atoms with Gasteiger partial charge in [0.2, 0.25) is 5.91 Å². The van der Waals surface area contributed by atoms with E-state index in [4.69, 9.17) is 4.74 Å². The molecule has 0 bridgehead atoms. The Morgan fingerprint density at radius 1 is 1.17 bits per heavy atom. The van der Waals surface area contributed by atoms with Gasteiger partial charge in [-0.2, -0.15) is 11.8 Å². The maximum atomic E-state index is 13.3. The van der Waals surface area contributed by atoms with Crippen molar-refractivity contribution in [2.45, 2.75) is 63.3 Å². The molecular formula is C28H41N3O7S3. The molecule has 0 unspecified atom stereocenters. The highest BCUT2D eigenvalue weighted by Gasteiger charge is 2.38. The Morgan fingerprint density at radius 2 is 1.88 bits per heavy atom. The molecular weight excluding hydrogens is 587 g/mol. The van der Waals surface area contributed by atoms with Crippen LogP contribution >= 0.6 is 33.3 Å². The lowest BCUT2D eigenvalue weighted by atomic mass is 9.96. The van der Waals surface area contributed by atoms with E-state index in [0.717, 1.165) is 16.4 Å². The van der Waals surface area contributed by atoms with Crippen LogP contribution in [0.4, 0.5) is 9.59 Å². The van der Waals surface area contributed by atoms with Crippen LogP contribution in [0.1, 0.15) is 45.1 Å². The topological polar surface area (TPSA) is 134 Å². The van der Waals surface area contributed by atoms with Crippen LogP contribution in [-0.2, 0) is 19.1 Å². The SMILES string of the molecule is COC(=O)SSC[C@@H](/C=C/CN1C[C@@H](c2ccccc2)C[C@H]1C(=O)N[C@@H](CCSC)C(=O)O)NC(=O)OC(C)(C)C. The zero-order valence-electron chi connectivity index (χ0n) is 24.2. The Bertz CT molecular complexity index is 1040. The average molecular weight is 628 g/mol. The van der Waals surface area contributed by atoms with Gasteiger partial charge < -0.3 is 25.2 Å². The molecule has 10 nitrogen and oxygen atoms in total. The first kappa shape index (κ1) is 34.8. The molecule has 1 aromatic carbocycles. The van der Waals surface area contributed by atoms with Crippen LogP contribution in [0, 0.1) is 0 Å². The number of thioether (sulfide) groups is 1. The highest BCUT2D eigenvalue weighted by atomic mass is 33.1. The Balaban J connectivity index is 2.17. The third kappa shape index (κ3) is 13.0. The number of alkyl carbamates (subject to hydrolysis) is 1. The van der Waals surface area contributed by atoms with Crippen molar-refractivity contribution < 1.29 is 33.8 Å². The van der Waals surface area contributed by atoms with Crippen molar-refractivity contribution in [2.75, 3.05) is 38.0 Å². The Labute approximate surface area is 254 Å². The van der Waals surface area contributed by atoms with Crippen molar-refractivity contribution in [1.82, 2.24) is 15.5 Å². The Hall–Kier alpha value is -2.35. The zero-order chi connectivity index (χ0) is 30.4. The minimum Gasteiger partial charge on any atom is -0.480 e. The number of aliphatic carboxylic acids is 1. The largest absolute Gasteiger partial charge is 0.480 e. The summed E-state index contributed by atoms with van der Waals surface area (Å²) in [4.78, 5) is 51.1. The fourth-order valence-corrected chi connectivity index (χ4v) is 6.44. The van der Waals surface area contributed by atoms with Gasteiger partial charge in [0.25, 0.3) is 0 Å². The van der Waals surface area contributed by atoms with E-state index in [1.165, 1.54) is 29.7 Å². The molecule has 1 fully saturated rings. The summed E-state index contributed by atoms with van der Waals surface area (Å²) in [5.41, 5.74) is 0.452. The molecule has 0 aliphatic carbocycles. The van der Waals surface area contributed by atoms with E-state index in [9.17, 15) is 24.3 Å². The maximum Gasteiger partial charge on any atom is 0.408 e. The number of nitrogens with zero attached hydrogens (tertiary/aromatic N) is 1. The third-order valence-electron chi connectivity index (χ3n) is 6.15. The number of methoxy groups -OCH3 is 1. The average Bonchev–Trinajstić information content (AvgIpc) is 3.34. The van der Waals surface area contributed by atoms with Gasteiger partial charge >= 0.3 is 17.4 Å². The van der Waals surface area contributed by atoms with Crippen LogP contribution in [0.3, 0.4) is 0 Å². The lowest BCUT2D eigenvalue weighted by molar-refractivity contribution is -0.142. The summed E-state index contributed by atoms with van der Waals surface area (Å²) in [6.45, 7) is 6.35. The second-order valence-electron chi connectivity index (χ2n) is 10.5. The van der Waals surface area contributed by atoms with E-state index in [2.05, 4.69) is 15.4 Å². The molecule has 1 aliphatic rings. The van der Waals surface area contributed by atoms with Gasteiger partial charge in [-0.15, -0.1) is 0 Å². The number of ether oxygens (including phenoxy) is 2. The molecule has 41 heavy (non-hydrogen) atoms. The summed E-state index contributed by atoms with van der Waals surface area (Å²) >= 11 is 1.53. The van der Waals surface area contributed by atoms with Crippen LogP contribution in [0.5, 0.6) is 0 Å². The monoisotopic (exact) mass is 627 g/mol. The molecule has 3 N–H and O–H groups in total. The molecule has 4 atom stereocenters. The number of rotatable bonds is 14. The predicted octanol–water partition coefficient (Wildman–Crippen LogP) is 4.76. The van der Waals surface area contributed by atoms with Crippen LogP contribution < -0.4 is 10.6 Å². The molecule has 1 saturated heterocycles.